The molecule has 1 saturated heterocycles. The molecular weight excluding hydrogens is 236 g/mol. The van der Waals surface area contributed by atoms with Crippen LogP contribution in [0.5, 0.6) is 0 Å². The lowest BCUT2D eigenvalue weighted by Crippen LogP contribution is -2.43. The van der Waals surface area contributed by atoms with Gasteiger partial charge in [-0.1, -0.05) is 6.07 Å². The summed E-state index contributed by atoms with van der Waals surface area (Å²) in [5.74, 6) is 0.110. The third kappa shape index (κ3) is 2.39. The fourth-order valence-electron chi connectivity index (χ4n) is 2.99. The molecule has 0 aliphatic carbocycles. The molecular formula is C16H24N2O. The minimum atomic E-state index is -0.151. The number of carbonyl (C=O) groups is 1. The predicted octanol–water partition coefficient (Wildman–Crippen LogP) is 2.56. The minimum absolute atomic E-state index is 0.0887. The van der Waals surface area contributed by atoms with E-state index in [9.17, 15) is 4.79 Å². The van der Waals surface area contributed by atoms with E-state index in [2.05, 4.69) is 27.7 Å². The van der Waals surface area contributed by atoms with Gasteiger partial charge in [0.2, 0.25) is 0 Å². The van der Waals surface area contributed by atoms with Gasteiger partial charge in [-0.05, 0) is 63.8 Å². The van der Waals surface area contributed by atoms with E-state index in [1.165, 1.54) is 11.1 Å². The van der Waals surface area contributed by atoms with Crippen LogP contribution in [0.15, 0.2) is 12.1 Å². The molecule has 1 fully saturated rings. The number of hydrogen-bond donors (Lipinski definition) is 1. The van der Waals surface area contributed by atoms with Crippen molar-refractivity contribution in [2.24, 2.45) is 5.73 Å². The molecule has 0 bridgehead atoms. The zero-order chi connectivity index (χ0) is 14.4. The monoisotopic (exact) mass is 260 g/mol. The Kier molecular flexibility index (Phi) is 3.43. The second-order valence-corrected chi connectivity index (χ2v) is 6.37. The van der Waals surface area contributed by atoms with Crippen LogP contribution in [0, 0.1) is 20.8 Å². The Morgan fingerprint density at radius 3 is 2.42 bits per heavy atom. The molecule has 1 heterocycles. The predicted molar refractivity (Wildman–Crippen MR) is 78.4 cm³/mol. The van der Waals surface area contributed by atoms with Gasteiger partial charge < -0.3 is 10.6 Å². The van der Waals surface area contributed by atoms with E-state index in [0.717, 1.165) is 17.5 Å². The molecule has 3 heteroatoms. The Labute approximate surface area is 115 Å². The van der Waals surface area contributed by atoms with Gasteiger partial charge in [-0.25, -0.2) is 0 Å². The van der Waals surface area contributed by atoms with Crippen molar-refractivity contribution < 1.29 is 4.79 Å². The first-order valence-electron chi connectivity index (χ1n) is 6.88. The largest absolute Gasteiger partial charge is 0.332 e. The molecule has 3 nitrogen and oxygen atoms in total. The maximum absolute atomic E-state index is 12.8. The molecule has 0 aromatic heterocycles. The van der Waals surface area contributed by atoms with Crippen LogP contribution in [0.4, 0.5) is 0 Å². The fourth-order valence-corrected chi connectivity index (χ4v) is 2.99. The summed E-state index contributed by atoms with van der Waals surface area (Å²) in [6.45, 7) is 11.0. The summed E-state index contributed by atoms with van der Waals surface area (Å²) >= 11 is 0. The third-order valence-corrected chi connectivity index (χ3v) is 4.44. The SMILES string of the molecule is Cc1ccc(C(=O)N2CC(N)CC2(C)C)c(C)c1C. The maximum Gasteiger partial charge on any atom is 0.254 e. The fraction of sp³-hybridized carbons (Fsp3) is 0.562. The van der Waals surface area contributed by atoms with E-state index in [4.69, 9.17) is 5.73 Å². The van der Waals surface area contributed by atoms with Crippen LogP contribution in [-0.4, -0.2) is 28.9 Å². The van der Waals surface area contributed by atoms with Gasteiger partial charge in [0.05, 0.1) is 0 Å². The van der Waals surface area contributed by atoms with Crippen LogP contribution in [0.3, 0.4) is 0 Å². The summed E-state index contributed by atoms with van der Waals surface area (Å²) in [6.07, 6.45) is 0.864. The standard InChI is InChI=1S/C16H24N2O/c1-10-6-7-14(12(3)11(10)2)15(19)18-9-13(17)8-16(18,4)5/h6-7,13H,8-9,17H2,1-5H3. The first kappa shape index (κ1) is 14.1. The molecule has 2 rings (SSSR count). The van der Waals surface area contributed by atoms with Crippen LogP contribution in [0.2, 0.25) is 0 Å². The normalized spacial score (nSPS) is 21.8. The molecule has 104 valence electrons. The van der Waals surface area contributed by atoms with Crippen molar-refractivity contribution in [2.75, 3.05) is 6.54 Å². The van der Waals surface area contributed by atoms with Crippen molar-refractivity contribution in [2.45, 2.75) is 52.6 Å². The van der Waals surface area contributed by atoms with E-state index < -0.39 is 0 Å². The van der Waals surface area contributed by atoms with E-state index in [0.29, 0.717) is 6.54 Å². The number of carbonyl (C=O) groups excluding carboxylic acids is 1. The van der Waals surface area contributed by atoms with Gasteiger partial charge >= 0.3 is 0 Å². The highest BCUT2D eigenvalue weighted by atomic mass is 16.2. The topological polar surface area (TPSA) is 46.3 Å². The average molecular weight is 260 g/mol. The highest BCUT2D eigenvalue weighted by Gasteiger charge is 2.40. The minimum Gasteiger partial charge on any atom is -0.332 e. The van der Waals surface area contributed by atoms with Crippen molar-refractivity contribution in [1.82, 2.24) is 4.90 Å². The van der Waals surface area contributed by atoms with Crippen LogP contribution in [0.25, 0.3) is 0 Å². The smallest absolute Gasteiger partial charge is 0.254 e. The second-order valence-electron chi connectivity index (χ2n) is 6.37. The van der Waals surface area contributed by atoms with Crippen LogP contribution in [-0.2, 0) is 0 Å². The molecule has 1 aromatic carbocycles. The summed E-state index contributed by atoms with van der Waals surface area (Å²) in [5.41, 5.74) is 10.2. The molecule has 0 radical (unpaired) electrons. The molecule has 1 aromatic rings. The zero-order valence-electron chi connectivity index (χ0n) is 12.6. The van der Waals surface area contributed by atoms with Crippen molar-refractivity contribution in [3.05, 3.63) is 34.4 Å². The number of rotatable bonds is 1. The van der Waals surface area contributed by atoms with Crippen LogP contribution >= 0.6 is 0 Å². The highest BCUT2D eigenvalue weighted by molar-refractivity contribution is 5.96. The third-order valence-electron chi connectivity index (χ3n) is 4.44. The Morgan fingerprint density at radius 2 is 1.89 bits per heavy atom. The number of aryl methyl sites for hydroxylation is 1. The van der Waals surface area contributed by atoms with Crippen LogP contribution in [0.1, 0.15) is 47.3 Å². The summed E-state index contributed by atoms with van der Waals surface area (Å²) in [4.78, 5) is 14.7. The molecule has 1 amide bonds. The molecule has 19 heavy (non-hydrogen) atoms. The number of nitrogens with zero attached hydrogens (tertiary/aromatic N) is 1. The van der Waals surface area contributed by atoms with Crippen molar-refractivity contribution in [1.29, 1.82) is 0 Å². The summed E-state index contributed by atoms with van der Waals surface area (Å²) in [6, 6.07) is 4.06. The number of benzene rings is 1. The lowest BCUT2D eigenvalue weighted by Gasteiger charge is -2.32. The van der Waals surface area contributed by atoms with Crippen molar-refractivity contribution in [3.63, 3.8) is 0 Å². The number of likely N-dealkylation sites (tertiary alicyclic amines) is 1. The van der Waals surface area contributed by atoms with Gasteiger partial charge in [-0.3, -0.25) is 4.79 Å². The van der Waals surface area contributed by atoms with Gasteiger partial charge in [-0.15, -0.1) is 0 Å². The summed E-state index contributed by atoms with van der Waals surface area (Å²) < 4.78 is 0. The molecule has 2 N–H and O–H groups in total. The van der Waals surface area contributed by atoms with E-state index in [-0.39, 0.29) is 17.5 Å². The number of amides is 1. The highest BCUT2D eigenvalue weighted by Crippen LogP contribution is 2.30. The molecule has 1 aliphatic rings. The maximum atomic E-state index is 12.8. The van der Waals surface area contributed by atoms with Gasteiger partial charge in [-0.2, -0.15) is 0 Å². The van der Waals surface area contributed by atoms with E-state index >= 15 is 0 Å². The second kappa shape index (κ2) is 4.64. The van der Waals surface area contributed by atoms with Crippen molar-refractivity contribution in [3.8, 4) is 0 Å². The van der Waals surface area contributed by atoms with Gasteiger partial charge in [0.25, 0.3) is 5.91 Å². The van der Waals surface area contributed by atoms with Gasteiger partial charge in [0.1, 0.15) is 0 Å². The van der Waals surface area contributed by atoms with Gasteiger partial charge in [0, 0.05) is 23.7 Å². The lowest BCUT2D eigenvalue weighted by atomic mass is 9.96. The van der Waals surface area contributed by atoms with E-state index in [1.807, 2.05) is 24.0 Å². The Morgan fingerprint density at radius 1 is 1.26 bits per heavy atom. The van der Waals surface area contributed by atoms with E-state index in [1.54, 1.807) is 0 Å². The van der Waals surface area contributed by atoms with Gasteiger partial charge in [0.15, 0.2) is 0 Å². The lowest BCUT2D eigenvalue weighted by molar-refractivity contribution is 0.0650. The average Bonchev–Trinajstić information content (AvgIpc) is 2.59. The Bertz CT molecular complexity index is 520. The van der Waals surface area contributed by atoms with Crippen molar-refractivity contribution >= 4 is 5.91 Å². The number of hydrogen-bond acceptors (Lipinski definition) is 2. The quantitative estimate of drug-likeness (QED) is 0.843. The Hall–Kier alpha value is -1.35. The summed E-state index contributed by atoms with van der Waals surface area (Å²) in [5, 5.41) is 0. The summed E-state index contributed by atoms with van der Waals surface area (Å²) in [7, 11) is 0. The molecule has 0 spiro atoms. The molecule has 1 atom stereocenters. The Balaban J connectivity index is 2.38. The molecule has 1 aliphatic heterocycles. The first-order valence-corrected chi connectivity index (χ1v) is 6.88. The number of nitrogens with two attached hydrogens (primary N) is 1. The van der Waals surface area contributed by atoms with Crippen LogP contribution < -0.4 is 5.73 Å². The molecule has 0 saturated carbocycles. The first-order chi connectivity index (χ1) is 8.74. The zero-order valence-corrected chi connectivity index (χ0v) is 12.6. The molecule has 1 unspecified atom stereocenters.